The van der Waals surface area contributed by atoms with E-state index in [-0.39, 0.29) is 11.8 Å². The third-order valence-electron chi connectivity index (χ3n) is 4.13. The summed E-state index contributed by atoms with van der Waals surface area (Å²) in [5, 5.41) is 3.23. The minimum Gasteiger partial charge on any atom is -0.352 e. The zero-order valence-corrected chi connectivity index (χ0v) is 13.4. The smallest absolute Gasteiger partial charge is 0.222 e. The van der Waals surface area contributed by atoms with Crippen LogP contribution in [0.4, 0.5) is 0 Å². The lowest BCUT2D eigenvalue weighted by Gasteiger charge is -2.40. The summed E-state index contributed by atoms with van der Waals surface area (Å²) >= 11 is 0. The molecule has 0 radical (unpaired) electrons. The molecule has 0 spiro atoms. The van der Waals surface area contributed by atoms with Crippen LogP contribution in [0, 0.1) is 11.8 Å². The molecular formula is C16H32N2O. The molecule has 0 aromatic carbocycles. The van der Waals surface area contributed by atoms with E-state index in [0.29, 0.717) is 12.1 Å². The van der Waals surface area contributed by atoms with Crippen molar-refractivity contribution in [1.29, 1.82) is 0 Å². The fourth-order valence-electron chi connectivity index (χ4n) is 2.84. The largest absolute Gasteiger partial charge is 0.352 e. The van der Waals surface area contributed by atoms with Crippen molar-refractivity contribution in [1.82, 2.24) is 10.2 Å². The van der Waals surface area contributed by atoms with Crippen molar-refractivity contribution in [3.63, 3.8) is 0 Å². The maximum Gasteiger partial charge on any atom is 0.222 e. The average Bonchev–Trinajstić information content (AvgIpc) is 2.35. The number of piperidine rings is 1. The van der Waals surface area contributed by atoms with Gasteiger partial charge in [0.05, 0.1) is 0 Å². The monoisotopic (exact) mass is 268 g/mol. The molecule has 2 atom stereocenters. The second kappa shape index (κ2) is 7.88. The number of likely N-dealkylation sites (tertiary alicyclic amines) is 1. The zero-order valence-electron chi connectivity index (χ0n) is 13.4. The average molecular weight is 268 g/mol. The van der Waals surface area contributed by atoms with Gasteiger partial charge in [0, 0.05) is 31.1 Å². The van der Waals surface area contributed by atoms with Crippen molar-refractivity contribution >= 4 is 5.91 Å². The van der Waals surface area contributed by atoms with Crippen LogP contribution in [0.15, 0.2) is 0 Å². The number of unbranched alkanes of at least 4 members (excludes halogenated alkanes) is 1. The predicted octanol–water partition coefficient (Wildman–Crippen LogP) is 3.05. The topological polar surface area (TPSA) is 32.3 Å². The van der Waals surface area contributed by atoms with E-state index in [2.05, 4.69) is 31.0 Å². The highest BCUT2D eigenvalue weighted by Crippen LogP contribution is 2.23. The van der Waals surface area contributed by atoms with Gasteiger partial charge in [0.15, 0.2) is 0 Å². The highest BCUT2D eigenvalue weighted by molar-refractivity contribution is 5.78. The van der Waals surface area contributed by atoms with Gasteiger partial charge in [-0.2, -0.15) is 0 Å². The molecule has 0 aromatic heterocycles. The molecule has 1 fully saturated rings. The van der Waals surface area contributed by atoms with E-state index in [1.165, 1.54) is 25.8 Å². The van der Waals surface area contributed by atoms with Gasteiger partial charge in [-0.15, -0.1) is 0 Å². The Hall–Kier alpha value is -0.570. The molecule has 0 saturated carbocycles. The summed E-state index contributed by atoms with van der Waals surface area (Å²) in [6.45, 7) is 12.9. The number of rotatable bonds is 6. The van der Waals surface area contributed by atoms with Gasteiger partial charge in [0.1, 0.15) is 0 Å². The van der Waals surface area contributed by atoms with Crippen LogP contribution in [-0.2, 0) is 4.79 Å². The Bertz CT molecular complexity index is 276. The van der Waals surface area contributed by atoms with E-state index in [1.807, 2.05) is 13.8 Å². The zero-order chi connectivity index (χ0) is 14.4. The van der Waals surface area contributed by atoms with Crippen molar-refractivity contribution < 1.29 is 4.79 Å². The summed E-state index contributed by atoms with van der Waals surface area (Å²) in [6, 6.07) is 0.913. The van der Waals surface area contributed by atoms with Crippen molar-refractivity contribution in [2.24, 2.45) is 11.8 Å². The second-order valence-corrected chi connectivity index (χ2v) is 6.65. The first-order valence-electron chi connectivity index (χ1n) is 7.98. The number of nitrogens with one attached hydrogen (secondary N) is 1. The number of carbonyl (C=O) groups excluding carboxylic acids is 1. The van der Waals surface area contributed by atoms with Gasteiger partial charge >= 0.3 is 0 Å². The Balaban J connectivity index is 2.56. The van der Waals surface area contributed by atoms with Crippen LogP contribution in [0.25, 0.3) is 0 Å². The van der Waals surface area contributed by atoms with Gasteiger partial charge in [-0.3, -0.25) is 9.69 Å². The standard InChI is InChI=1S/C16H32N2O/c1-6-7-8-14-9-15(17-16(19)12(2)3)11-18(10-14)13(4)5/h12-15H,6-11H2,1-5H3,(H,17,19). The van der Waals surface area contributed by atoms with Gasteiger partial charge in [0.2, 0.25) is 5.91 Å². The van der Waals surface area contributed by atoms with Crippen LogP contribution in [-0.4, -0.2) is 36.0 Å². The molecule has 112 valence electrons. The van der Waals surface area contributed by atoms with Crippen LogP contribution in [0.3, 0.4) is 0 Å². The van der Waals surface area contributed by atoms with Crippen molar-refractivity contribution in [2.75, 3.05) is 13.1 Å². The van der Waals surface area contributed by atoms with Crippen LogP contribution >= 0.6 is 0 Å². The minimum absolute atomic E-state index is 0.0866. The number of carbonyl (C=O) groups is 1. The summed E-state index contributed by atoms with van der Waals surface area (Å²) in [6.07, 6.45) is 5.03. The van der Waals surface area contributed by atoms with E-state index >= 15 is 0 Å². The van der Waals surface area contributed by atoms with Crippen molar-refractivity contribution in [3.8, 4) is 0 Å². The van der Waals surface area contributed by atoms with E-state index in [0.717, 1.165) is 18.9 Å². The molecule has 3 heteroatoms. The van der Waals surface area contributed by atoms with Crippen LogP contribution in [0.5, 0.6) is 0 Å². The summed E-state index contributed by atoms with van der Waals surface area (Å²) in [5.74, 6) is 1.03. The highest BCUT2D eigenvalue weighted by Gasteiger charge is 2.29. The van der Waals surface area contributed by atoms with Crippen molar-refractivity contribution in [2.45, 2.75) is 72.4 Å². The van der Waals surface area contributed by atoms with Crippen LogP contribution in [0.1, 0.15) is 60.3 Å². The van der Waals surface area contributed by atoms with E-state index in [4.69, 9.17) is 0 Å². The fourth-order valence-corrected chi connectivity index (χ4v) is 2.84. The quantitative estimate of drug-likeness (QED) is 0.803. The number of amides is 1. The molecule has 3 nitrogen and oxygen atoms in total. The molecule has 0 aliphatic carbocycles. The molecule has 1 saturated heterocycles. The Morgan fingerprint density at radius 3 is 2.47 bits per heavy atom. The van der Waals surface area contributed by atoms with Gasteiger partial charge in [-0.05, 0) is 32.6 Å². The maximum atomic E-state index is 11.9. The highest BCUT2D eigenvalue weighted by atomic mass is 16.1. The molecule has 1 N–H and O–H groups in total. The van der Waals surface area contributed by atoms with Crippen LogP contribution < -0.4 is 5.32 Å². The molecular weight excluding hydrogens is 236 g/mol. The molecule has 1 aliphatic rings. The third-order valence-corrected chi connectivity index (χ3v) is 4.13. The second-order valence-electron chi connectivity index (χ2n) is 6.65. The number of hydrogen-bond donors (Lipinski definition) is 1. The maximum absolute atomic E-state index is 11.9. The van der Waals surface area contributed by atoms with Crippen molar-refractivity contribution in [3.05, 3.63) is 0 Å². The first-order valence-corrected chi connectivity index (χ1v) is 7.98. The Kier molecular flexibility index (Phi) is 6.84. The molecule has 19 heavy (non-hydrogen) atoms. The van der Waals surface area contributed by atoms with Gasteiger partial charge in [0.25, 0.3) is 0 Å². The Morgan fingerprint density at radius 1 is 1.26 bits per heavy atom. The van der Waals surface area contributed by atoms with Gasteiger partial charge < -0.3 is 5.32 Å². The molecule has 1 rings (SSSR count). The lowest BCUT2D eigenvalue weighted by atomic mass is 9.89. The molecule has 1 amide bonds. The fraction of sp³-hybridized carbons (Fsp3) is 0.938. The SMILES string of the molecule is CCCCC1CC(NC(=O)C(C)C)CN(C(C)C)C1. The lowest BCUT2D eigenvalue weighted by molar-refractivity contribution is -0.125. The third kappa shape index (κ3) is 5.52. The van der Waals surface area contributed by atoms with Crippen LogP contribution in [0.2, 0.25) is 0 Å². The summed E-state index contributed by atoms with van der Waals surface area (Å²) in [7, 11) is 0. The molecule has 1 aliphatic heterocycles. The minimum atomic E-state index is 0.0866. The van der Waals surface area contributed by atoms with Gasteiger partial charge in [-0.25, -0.2) is 0 Å². The number of nitrogens with zero attached hydrogens (tertiary/aromatic N) is 1. The number of hydrogen-bond acceptors (Lipinski definition) is 2. The Labute approximate surface area is 119 Å². The molecule has 0 aromatic rings. The predicted molar refractivity (Wildman–Crippen MR) is 81.1 cm³/mol. The van der Waals surface area contributed by atoms with Gasteiger partial charge in [-0.1, -0.05) is 33.6 Å². The lowest BCUT2D eigenvalue weighted by Crippen LogP contribution is -2.53. The van der Waals surface area contributed by atoms with E-state index in [9.17, 15) is 4.79 Å². The summed E-state index contributed by atoms with van der Waals surface area (Å²) in [5.41, 5.74) is 0. The molecule has 2 unspecified atom stereocenters. The van der Waals surface area contributed by atoms with E-state index in [1.54, 1.807) is 0 Å². The first-order chi connectivity index (χ1) is 8.93. The normalized spacial score (nSPS) is 25.0. The summed E-state index contributed by atoms with van der Waals surface area (Å²) < 4.78 is 0. The molecule has 0 bridgehead atoms. The first kappa shape index (κ1) is 16.5. The molecule has 1 heterocycles. The summed E-state index contributed by atoms with van der Waals surface area (Å²) in [4.78, 5) is 14.4. The van der Waals surface area contributed by atoms with E-state index < -0.39 is 0 Å². The Morgan fingerprint density at radius 2 is 1.95 bits per heavy atom.